The highest BCUT2D eigenvalue weighted by atomic mass is 35.5. The molecule has 132 valence electrons. The van der Waals surface area contributed by atoms with Crippen molar-refractivity contribution in [3.05, 3.63) is 63.9 Å². The first-order valence-electron chi connectivity index (χ1n) is 7.88. The van der Waals surface area contributed by atoms with Crippen molar-refractivity contribution in [2.45, 2.75) is 20.5 Å². The van der Waals surface area contributed by atoms with Crippen molar-refractivity contribution in [2.24, 2.45) is 4.99 Å². The van der Waals surface area contributed by atoms with Crippen LogP contribution in [0.3, 0.4) is 0 Å². The Morgan fingerprint density at radius 2 is 2.04 bits per heavy atom. The number of benzene rings is 2. The zero-order valence-electron chi connectivity index (χ0n) is 14.4. The van der Waals surface area contributed by atoms with Gasteiger partial charge in [-0.05, 0) is 37.6 Å². The molecular weight excluding hydrogens is 343 g/mol. The van der Waals surface area contributed by atoms with Gasteiger partial charge in [-0.15, -0.1) is 0 Å². The average molecular weight is 363 g/mol. The van der Waals surface area contributed by atoms with Crippen molar-refractivity contribution in [3.8, 4) is 0 Å². The van der Waals surface area contributed by atoms with E-state index in [0.29, 0.717) is 27.4 Å². The summed E-state index contributed by atoms with van der Waals surface area (Å²) in [7, 11) is 1.90. The zero-order valence-corrected chi connectivity index (χ0v) is 15.2. The Hall–Kier alpha value is -2.40. The minimum atomic E-state index is -0.552. The molecule has 25 heavy (non-hydrogen) atoms. The van der Waals surface area contributed by atoms with Crippen LogP contribution < -0.4 is 0 Å². The Morgan fingerprint density at radius 3 is 2.72 bits per heavy atom. The Morgan fingerprint density at radius 1 is 1.32 bits per heavy atom. The third kappa shape index (κ3) is 4.79. The van der Waals surface area contributed by atoms with Gasteiger partial charge >= 0.3 is 5.97 Å². The molecule has 0 atom stereocenters. The number of halogens is 2. The van der Waals surface area contributed by atoms with Crippen molar-refractivity contribution in [1.29, 1.82) is 0 Å². The summed E-state index contributed by atoms with van der Waals surface area (Å²) in [6.45, 7) is 4.42. The molecule has 0 aliphatic carbocycles. The molecular formula is C19H20ClFN2O2. The molecule has 0 aliphatic heterocycles. The molecule has 0 bridgehead atoms. The summed E-state index contributed by atoms with van der Waals surface area (Å²) in [6.07, 6.45) is 1.68. The van der Waals surface area contributed by atoms with Gasteiger partial charge in [0.05, 0.1) is 22.6 Å². The molecule has 4 nitrogen and oxygen atoms in total. The quantitative estimate of drug-likeness (QED) is 0.423. The highest BCUT2D eigenvalue weighted by molar-refractivity contribution is 6.34. The minimum Gasteiger partial charge on any atom is -0.457 e. The minimum absolute atomic E-state index is 0.135. The smallest absolute Gasteiger partial charge is 0.338 e. The monoisotopic (exact) mass is 362 g/mol. The zero-order chi connectivity index (χ0) is 18.4. The largest absolute Gasteiger partial charge is 0.457 e. The number of hydrogen-bond acceptors (Lipinski definition) is 3. The van der Waals surface area contributed by atoms with Crippen molar-refractivity contribution >= 4 is 29.6 Å². The van der Waals surface area contributed by atoms with Gasteiger partial charge in [-0.2, -0.15) is 0 Å². The van der Waals surface area contributed by atoms with Gasteiger partial charge in [0.1, 0.15) is 12.4 Å². The Kier molecular flexibility index (Phi) is 6.53. The van der Waals surface area contributed by atoms with Crippen LogP contribution in [-0.2, 0) is 11.3 Å². The third-order valence-corrected chi connectivity index (χ3v) is 4.27. The van der Waals surface area contributed by atoms with Crippen molar-refractivity contribution in [3.63, 3.8) is 0 Å². The second-order valence-corrected chi connectivity index (χ2v) is 5.93. The molecule has 0 unspecified atom stereocenters. The van der Waals surface area contributed by atoms with Crippen LogP contribution in [0.4, 0.5) is 10.1 Å². The molecule has 0 saturated carbocycles. The van der Waals surface area contributed by atoms with Gasteiger partial charge in [0.25, 0.3) is 0 Å². The van der Waals surface area contributed by atoms with Crippen molar-refractivity contribution in [1.82, 2.24) is 4.90 Å². The van der Waals surface area contributed by atoms with Crippen LogP contribution in [0, 0.1) is 12.7 Å². The van der Waals surface area contributed by atoms with E-state index in [4.69, 9.17) is 16.3 Å². The van der Waals surface area contributed by atoms with E-state index in [-0.39, 0.29) is 6.61 Å². The van der Waals surface area contributed by atoms with E-state index in [2.05, 4.69) is 4.99 Å². The summed E-state index contributed by atoms with van der Waals surface area (Å²) in [5.74, 6) is -0.960. The van der Waals surface area contributed by atoms with Gasteiger partial charge in [-0.1, -0.05) is 29.8 Å². The number of aliphatic imine (C=N–C) groups is 1. The SMILES string of the molecule is CCN(C)C=Nc1ccc(C(=O)OCc2ccccc2F)c(C)c1Cl. The lowest BCUT2D eigenvalue weighted by Gasteiger charge is -2.11. The Labute approximate surface area is 151 Å². The third-order valence-electron chi connectivity index (χ3n) is 3.80. The first-order chi connectivity index (χ1) is 11.9. The molecule has 0 N–H and O–H groups in total. The number of rotatable bonds is 6. The molecule has 0 heterocycles. The first-order valence-corrected chi connectivity index (χ1v) is 8.25. The molecule has 0 aromatic heterocycles. The Balaban J connectivity index is 2.14. The maximum absolute atomic E-state index is 13.6. The van der Waals surface area contributed by atoms with Gasteiger partial charge in [0.2, 0.25) is 0 Å². The fourth-order valence-electron chi connectivity index (χ4n) is 2.07. The lowest BCUT2D eigenvalue weighted by atomic mass is 10.1. The fraction of sp³-hybridized carbons (Fsp3) is 0.263. The molecule has 2 aromatic rings. The van der Waals surface area contributed by atoms with E-state index in [1.807, 2.05) is 18.9 Å². The molecule has 0 fully saturated rings. The maximum atomic E-state index is 13.6. The number of hydrogen-bond donors (Lipinski definition) is 0. The van der Waals surface area contributed by atoms with E-state index >= 15 is 0 Å². The summed E-state index contributed by atoms with van der Waals surface area (Å²) in [5, 5.41) is 0.390. The van der Waals surface area contributed by atoms with Crippen molar-refractivity contribution in [2.75, 3.05) is 13.6 Å². The molecule has 2 rings (SSSR count). The standard InChI is InChI=1S/C19H20ClFN2O2/c1-4-23(3)12-22-17-10-9-15(13(2)18(17)20)19(24)25-11-14-7-5-6-8-16(14)21/h5-10,12H,4,11H2,1-3H3. The van der Waals surface area contributed by atoms with Crippen LogP contribution >= 0.6 is 11.6 Å². The normalized spacial score (nSPS) is 10.9. The molecule has 2 aromatic carbocycles. The maximum Gasteiger partial charge on any atom is 0.338 e. The van der Waals surface area contributed by atoms with Gasteiger partial charge in [-0.3, -0.25) is 0 Å². The number of ether oxygens (including phenoxy) is 1. The molecule has 0 saturated heterocycles. The fourth-order valence-corrected chi connectivity index (χ4v) is 2.28. The van der Waals surface area contributed by atoms with E-state index in [1.165, 1.54) is 6.07 Å². The second-order valence-electron chi connectivity index (χ2n) is 5.56. The van der Waals surface area contributed by atoms with E-state index < -0.39 is 11.8 Å². The number of carbonyl (C=O) groups excluding carboxylic acids is 1. The second kappa shape index (κ2) is 8.62. The molecule has 0 amide bonds. The lowest BCUT2D eigenvalue weighted by Crippen LogP contribution is -2.14. The van der Waals surface area contributed by atoms with Gasteiger partial charge in [0, 0.05) is 19.2 Å². The van der Waals surface area contributed by atoms with Crippen LogP contribution in [-0.4, -0.2) is 30.8 Å². The van der Waals surface area contributed by atoms with Crippen molar-refractivity contribution < 1.29 is 13.9 Å². The molecule has 0 aliphatic rings. The predicted octanol–water partition coefficient (Wildman–Crippen LogP) is 4.76. The molecule has 6 heteroatoms. The summed E-state index contributed by atoms with van der Waals surface area (Å²) in [6, 6.07) is 9.45. The van der Waals surface area contributed by atoms with Gasteiger partial charge in [0.15, 0.2) is 0 Å². The summed E-state index contributed by atoms with van der Waals surface area (Å²) in [5.41, 5.74) is 1.81. The number of carbonyl (C=O) groups is 1. The van der Waals surface area contributed by atoms with Gasteiger partial charge in [-0.25, -0.2) is 14.2 Å². The van der Waals surface area contributed by atoms with Gasteiger partial charge < -0.3 is 9.64 Å². The molecule has 0 radical (unpaired) electrons. The summed E-state index contributed by atoms with van der Waals surface area (Å²) in [4.78, 5) is 18.5. The first kappa shape index (κ1) is 18.9. The van der Waals surface area contributed by atoms with Crippen LogP contribution in [0.25, 0.3) is 0 Å². The van der Waals surface area contributed by atoms with E-state index in [0.717, 1.165) is 6.54 Å². The summed E-state index contributed by atoms with van der Waals surface area (Å²) >= 11 is 6.31. The van der Waals surface area contributed by atoms with Crippen LogP contribution in [0.1, 0.15) is 28.4 Å². The Bertz CT molecular complexity index is 793. The number of nitrogens with zero attached hydrogens (tertiary/aromatic N) is 2. The number of esters is 1. The highest BCUT2D eigenvalue weighted by Crippen LogP contribution is 2.31. The highest BCUT2D eigenvalue weighted by Gasteiger charge is 2.16. The molecule has 0 spiro atoms. The van der Waals surface area contributed by atoms with Crippen LogP contribution in [0.5, 0.6) is 0 Å². The van der Waals surface area contributed by atoms with Crippen LogP contribution in [0.2, 0.25) is 5.02 Å². The average Bonchev–Trinajstić information content (AvgIpc) is 2.61. The lowest BCUT2D eigenvalue weighted by molar-refractivity contribution is 0.0468. The van der Waals surface area contributed by atoms with E-state index in [9.17, 15) is 9.18 Å². The van der Waals surface area contributed by atoms with E-state index in [1.54, 1.807) is 43.6 Å². The summed E-state index contributed by atoms with van der Waals surface area (Å²) < 4.78 is 18.8. The topological polar surface area (TPSA) is 41.9 Å². The van der Waals surface area contributed by atoms with Crippen LogP contribution in [0.15, 0.2) is 41.4 Å². The predicted molar refractivity (Wildman–Crippen MR) is 98.2 cm³/mol.